The van der Waals surface area contributed by atoms with Crippen molar-refractivity contribution in [3.63, 3.8) is 0 Å². The van der Waals surface area contributed by atoms with Crippen molar-refractivity contribution in [1.82, 2.24) is 0 Å². The zero-order chi connectivity index (χ0) is 20.7. The number of hydrogen-bond donors (Lipinski definition) is 0. The van der Waals surface area contributed by atoms with Crippen molar-refractivity contribution < 1.29 is 18.6 Å². The Morgan fingerprint density at radius 2 is 1.59 bits per heavy atom. The van der Waals surface area contributed by atoms with Crippen molar-refractivity contribution in [2.24, 2.45) is 0 Å². The Hall–Kier alpha value is -2.63. The molecule has 0 amide bonds. The van der Waals surface area contributed by atoms with Gasteiger partial charge in [0.2, 0.25) is 0 Å². The summed E-state index contributed by atoms with van der Waals surface area (Å²) in [6, 6.07) is 22.3. The topological polar surface area (TPSA) is 27.7 Å². The molecule has 3 rings (SSSR count). The minimum absolute atomic E-state index is 0.209. The number of hydrogen-bond acceptors (Lipinski definition) is 3. The average Bonchev–Trinajstić information content (AvgIpc) is 2.72. The van der Waals surface area contributed by atoms with Crippen LogP contribution in [0.25, 0.3) is 0 Å². The van der Waals surface area contributed by atoms with Gasteiger partial charge in [-0.3, -0.25) is 0 Å². The fourth-order valence-electron chi connectivity index (χ4n) is 3.01. The van der Waals surface area contributed by atoms with E-state index < -0.39 is 8.07 Å². The van der Waals surface area contributed by atoms with E-state index in [1.807, 2.05) is 37.3 Å². The van der Waals surface area contributed by atoms with E-state index in [0.29, 0.717) is 25.2 Å². The average molecular weight is 411 g/mol. The van der Waals surface area contributed by atoms with E-state index in [-0.39, 0.29) is 11.6 Å². The summed E-state index contributed by atoms with van der Waals surface area (Å²) in [5, 5.41) is 1.31. The monoisotopic (exact) mass is 410 g/mol. The van der Waals surface area contributed by atoms with Crippen LogP contribution >= 0.6 is 0 Å². The normalized spacial score (nSPS) is 11.3. The summed E-state index contributed by atoms with van der Waals surface area (Å²) in [5.41, 5.74) is 0.883. The quantitative estimate of drug-likeness (QED) is 0.424. The fourth-order valence-corrected chi connectivity index (χ4v) is 4.86. The van der Waals surface area contributed by atoms with E-state index in [1.54, 1.807) is 24.3 Å². The maximum atomic E-state index is 14.1. The molecular formula is C24H27FO3Si. The molecule has 0 heterocycles. The summed E-state index contributed by atoms with van der Waals surface area (Å²) in [4.78, 5) is 0. The van der Waals surface area contributed by atoms with Crippen LogP contribution in [0, 0.1) is 5.82 Å². The lowest BCUT2D eigenvalue weighted by atomic mass is 10.2. The van der Waals surface area contributed by atoms with E-state index >= 15 is 0 Å². The highest BCUT2D eigenvalue weighted by Crippen LogP contribution is 2.25. The Labute approximate surface area is 173 Å². The summed E-state index contributed by atoms with van der Waals surface area (Å²) in [5.74, 6) is 1.31. The molecule has 0 spiro atoms. The van der Waals surface area contributed by atoms with E-state index in [1.165, 1.54) is 11.3 Å². The van der Waals surface area contributed by atoms with Crippen LogP contribution in [0.4, 0.5) is 4.39 Å². The molecule has 0 aliphatic rings. The Morgan fingerprint density at radius 3 is 2.28 bits per heavy atom. The first-order chi connectivity index (χ1) is 14.0. The highest BCUT2D eigenvalue weighted by molar-refractivity contribution is 6.89. The molecule has 0 aliphatic heterocycles. The number of rotatable bonds is 9. The number of halogens is 1. The predicted molar refractivity (Wildman–Crippen MR) is 117 cm³/mol. The van der Waals surface area contributed by atoms with Crippen LogP contribution in [0.2, 0.25) is 13.1 Å². The van der Waals surface area contributed by atoms with Crippen molar-refractivity contribution in [2.45, 2.75) is 26.6 Å². The highest BCUT2D eigenvalue weighted by Gasteiger charge is 2.24. The Morgan fingerprint density at radius 1 is 0.862 bits per heavy atom. The largest absolute Gasteiger partial charge is 0.494 e. The van der Waals surface area contributed by atoms with Crippen molar-refractivity contribution >= 4 is 13.3 Å². The van der Waals surface area contributed by atoms with Gasteiger partial charge in [0.15, 0.2) is 11.6 Å². The molecule has 3 aromatic rings. The van der Waals surface area contributed by atoms with Crippen LogP contribution in [-0.4, -0.2) is 20.9 Å². The predicted octanol–water partition coefficient (Wildman–Crippen LogP) is 5.69. The lowest BCUT2D eigenvalue weighted by Gasteiger charge is -2.23. The molecule has 0 saturated carbocycles. The first-order valence-corrected chi connectivity index (χ1v) is 13.0. The smallest absolute Gasteiger partial charge is 0.165 e. The molecule has 0 aromatic heterocycles. The lowest BCUT2D eigenvalue weighted by Crippen LogP contribution is -2.46. The van der Waals surface area contributed by atoms with Gasteiger partial charge < -0.3 is 14.2 Å². The summed E-state index contributed by atoms with van der Waals surface area (Å²) >= 11 is 0. The van der Waals surface area contributed by atoms with E-state index in [9.17, 15) is 4.39 Å². The molecule has 3 aromatic carbocycles. The summed E-state index contributed by atoms with van der Waals surface area (Å²) in [7, 11) is -1.75. The molecule has 0 N–H and O–H groups in total. The zero-order valence-corrected chi connectivity index (χ0v) is 18.2. The number of para-hydroxylation sites is 1. The first kappa shape index (κ1) is 21.1. The number of benzene rings is 3. The fraction of sp³-hybridized carbons (Fsp3) is 0.250. The minimum atomic E-state index is -1.75. The van der Waals surface area contributed by atoms with Crippen LogP contribution in [0.1, 0.15) is 12.5 Å². The molecule has 3 nitrogen and oxygen atoms in total. The highest BCUT2D eigenvalue weighted by atomic mass is 28.3. The molecular weight excluding hydrogens is 383 g/mol. The molecule has 5 heteroatoms. The third-order valence-corrected chi connectivity index (χ3v) is 7.47. The van der Waals surface area contributed by atoms with Gasteiger partial charge in [0.1, 0.15) is 19.6 Å². The second-order valence-corrected chi connectivity index (χ2v) is 12.1. The van der Waals surface area contributed by atoms with Gasteiger partial charge in [0.05, 0.1) is 13.2 Å². The third-order valence-electron chi connectivity index (χ3n) is 4.65. The molecule has 0 atom stereocenters. The molecule has 0 unspecified atom stereocenters. The standard InChI is InChI=1S/C24H27FO3Si/c1-4-27-20-11-13-22(14-12-20)29(2,3)18-26-17-19-10-15-23(25)24(16-19)28-21-8-6-5-7-9-21/h5-16H,4,17-18H2,1-3H3. The lowest BCUT2D eigenvalue weighted by molar-refractivity contribution is 0.159. The zero-order valence-electron chi connectivity index (χ0n) is 17.2. The second kappa shape index (κ2) is 9.72. The maximum absolute atomic E-state index is 14.1. The molecule has 152 valence electrons. The van der Waals surface area contributed by atoms with Crippen LogP contribution < -0.4 is 14.7 Å². The second-order valence-electron chi connectivity index (χ2n) is 7.51. The van der Waals surface area contributed by atoms with Gasteiger partial charge in [-0.05, 0) is 48.9 Å². The summed E-state index contributed by atoms with van der Waals surface area (Å²) in [6.07, 6.45) is 0.674. The third kappa shape index (κ3) is 5.92. The van der Waals surface area contributed by atoms with Crippen molar-refractivity contribution in [3.8, 4) is 17.2 Å². The van der Waals surface area contributed by atoms with Crippen LogP contribution in [0.15, 0.2) is 72.8 Å². The summed E-state index contributed by atoms with van der Waals surface area (Å²) < 4.78 is 31.3. The van der Waals surface area contributed by atoms with Gasteiger partial charge in [-0.2, -0.15) is 0 Å². The van der Waals surface area contributed by atoms with Crippen LogP contribution in [-0.2, 0) is 11.3 Å². The first-order valence-electron chi connectivity index (χ1n) is 9.80. The Kier molecular flexibility index (Phi) is 7.07. The Balaban J connectivity index is 1.60. The Bertz CT molecular complexity index is 911. The van der Waals surface area contributed by atoms with Gasteiger partial charge >= 0.3 is 0 Å². The number of ether oxygens (including phenoxy) is 3. The molecule has 0 bridgehead atoms. The van der Waals surface area contributed by atoms with Crippen LogP contribution in [0.3, 0.4) is 0 Å². The van der Waals surface area contributed by atoms with E-state index in [4.69, 9.17) is 14.2 Å². The molecule has 29 heavy (non-hydrogen) atoms. The molecule has 0 saturated heterocycles. The van der Waals surface area contributed by atoms with Gasteiger partial charge in [-0.15, -0.1) is 0 Å². The van der Waals surface area contributed by atoms with Gasteiger partial charge in [-0.1, -0.05) is 54.7 Å². The minimum Gasteiger partial charge on any atom is -0.494 e. The maximum Gasteiger partial charge on any atom is 0.165 e. The molecule has 0 aliphatic carbocycles. The van der Waals surface area contributed by atoms with E-state index in [2.05, 4.69) is 25.2 Å². The van der Waals surface area contributed by atoms with Crippen molar-refractivity contribution in [1.29, 1.82) is 0 Å². The van der Waals surface area contributed by atoms with Crippen LogP contribution in [0.5, 0.6) is 17.2 Å². The SMILES string of the molecule is CCOc1ccc([Si](C)(C)COCc2ccc(F)c(Oc3ccccc3)c2)cc1. The van der Waals surface area contributed by atoms with Gasteiger partial charge in [0, 0.05) is 6.23 Å². The van der Waals surface area contributed by atoms with Gasteiger partial charge in [0.25, 0.3) is 0 Å². The molecule has 0 fully saturated rings. The molecule has 0 radical (unpaired) electrons. The van der Waals surface area contributed by atoms with Gasteiger partial charge in [-0.25, -0.2) is 4.39 Å². The van der Waals surface area contributed by atoms with Crippen molar-refractivity contribution in [2.75, 3.05) is 12.8 Å². The van der Waals surface area contributed by atoms with E-state index in [0.717, 1.165) is 11.3 Å². The van der Waals surface area contributed by atoms with Crippen molar-refractivity contribution in [3.05, 3.63) is 84.2 Å². The summed E-state index contributed by atoms with van der Waals surface area (Å²) in [6.45, 7) is 7.61.